The van der Waals surface area contributed by atoms with Gasteiger partial charge in [0, 0.05) is 15.8 Å². The number of carbonyl (C=O) groups excluding carboxylic acids is 1. The molecule has 5 rings (SSSR count). The third-order valence-corrected chi connectivity index (χ3v) is 6.52. The maximum absolute atomic E-state index is 13.2. The second-order valence-corrected chi connectivity index (χ2v) is 8.84. The summed E-state index contributed by atoms with van der Waals surface area (Å²) in [5.41, 5.74) is 3.72. The van der Waals surface area contributed by atoms with E-state index in [9.17, 15) is 4.79 Å². The van der Waals surface area contributed by atoms with Crippen LogP contribution in [0.15, 0.2) is 59.3 Å². The molecule has 0 radical (unpaired) electrons. The van der Waals surface area contributed by atoms with E-state index in [-0.39, 0.29) is 5.91 Å². The normalized spacial score (nSPS) is 11.3. The molecule has 0 unspecified atom stereocenters. The average molecular weight is 420 g/mol. The Morgan fingerprint density at radius 3 is 2.72 bits per heavy atom. The van der Waals surface area contributed by atoms with Crippen molar-refractivity contribution in [1.29, 1.82) is 0 Å². The lowest BCUT2D eigenvalue weighted by atomic mass is 10.1. The number of hydrogen-bond donors (Lipinski definition) is 0. The minimum Gasteiger partial charge on any atom is -0.328 e. The van der Waals surface area contributed by atoms with Gasteiger partial charge in [-0.1, -0.05) is 23.8 Å². The molecule has 29 heavy (non-hydrogen) atoms. The Balaban J connectivity index is 1.59. The van der Waals surface area contributed by atoms with Crippen LogP contribution in [0.3, 0.4) is 0 Å². The van der Waals surface area contributed by atoms with E-state index in [2.05, 4.69) is 40.6 Å². The monoisotopic (exact) mass is 419 g/mol. The summed E-state index contributed by atoms with van der Waals surface area (Å²) < 4.78 is 1.75. The number of rotatable bonds is 5. The van der Waals surface area contributed by atoms with Crippen LogP contribution in [0.1, 0.15) is 25.7 Å². The molecule has 8 heteroatoms. The van der Waals surface area contributed by atoms with E-state index in [4.69, 9.17) is 0 Å². The molecular formula is C21H17N5OS2. The first kappa shape index (κ1) is 18.0. The Morgan fingerprint density at radius 1 is 1.07 bits per heavy atom. The first-order chi connectivity index (χ1) is 14.2. The van der Waals surface area contributed by atoms with Crippen molar-refractivity contribution in [2.24, 2.45) is 0 Å². The summed E-state index contributed by atoms with van der Waals surface area (Å²) in [5, 5.41) is 17.3. The van der Waals surface area contributed by atoms with Gasteiger partial charge in [0.1, 0.15) is 0 Å². The smallest absolute Gasteiger partial charge is 0.264 e. The molecule has 4 aromatic heterocycles. The predicted octanol–water partition coefficient (Wildman–Crippen LogP) is 4.55. The molecule has 0 saturated heterocycles. The molecule has 0 aliphatic rings. The van der Waals surface area contributed by atoms with Gasteiger partial charge in [-0.2, -0.15) is 4.52 Å². The Bertz CT molecular complexity index is 1290. The summed E-state index contributed by atoms with van der Waals surface area (Å²) >= 11 is 3.11. The van der Waals surface area contributed by atoms with Crippen molar-refractivity contribution >= 4 is 45.1 Å². The lowest BCUT2D eigenvalue weighted by Crippen LogP contribution is -2.29. The molecular weight excluding hydrogens is 402 g/mol. The highest BCUT2D eigenvalue weighted by molar-refractivity contribution is 7.12. The van der Waals surface area contributed by atoms with Crippen molar-refractivity contribution in [2.75, 3.05) is 0 Å². The number of amides is 1. The quantitative estimate of drug-likeness (QED) is 0.419. The van der Waals surface area contributed by atoms with E-state index in [0.717, 1.165) is 26.2 Å². The summed E-state index contributed by atoms with van der Waals surface area (Å²) in [6.07, 6.45) is 0. The third-order valence-electron chi connectivity index (χ3n) is 4.80. The number of nitrogens with zero attached hydrogens (tertiary/aromatic N) is 5. The number of tetrazole rings is 1. The van der Waals surface area contributed by atoms with Gasteiger partial charge in [-0.15, -0.1) is 27.8 Å². The molecule has 1 amide bonds. The zero-order valence-electron chi connectivity index (χ0n) is 15.6. The highest BCUT2D eigenvalue weighted by atomic mass is 32.1. The summed E-state index contributed by atoms with van der Waals surface area (Å²) in [5.74, 6) is 0.0170. The van der Waals surface area contributed by atoms with Crippen molar-refractivity contribution in [2.45, 2.75) is 20.0 Å². The minimum absolute atomic E-state index is 0.0170. The molecule has 1 aromatic carbocycles. The number of hydrogen-bond acceptors (Lipinski definition) is 6. The fourth-order valence-electron chi connectivity index (χ4n) is 3.45. The molecule has 0 bridgehead atoms. The zero-order chi connectivity index (χ0) is 19.8. The highest BCUT2D eigenvalue weighted by Crippen LogP contribution is 2.24. The lowest BCUT2D eigenvalue weighted by Gasteiger charge is -2.22. The molecule has 0 atom stereocenters. The summed E-state index contributed by atoms with van der Waals surface area (Å²) in [7, 11) is 0. The fourth-order valence-corrected chi connectivity index (χ4v) is 4.86. The average Bonchev–Trinajstić information content (AvgIpc) is 3.48. The van der Waals surface area contributed by atoms with Gasteiger partial charge in [0.05, 0.1) is 23.5 Å². The predicted molar refractivity (Wildman–Crippen MR) is 115 cm³/mol. The SMILES string of the molecule is Cc1ccc2c(c1)cc(CN(Cc1cccs1)C(=O)c1cccs1)c1nnnn12. The summed E-state index contributed by atoms with van der Waals surface area (Å²) in [6, 6.07) is 16.1. The van der Waals surface area contributed by atoms with Crippen molar-refractivity contribution in [3.8, 4) is 0 Å². The van der Waals surface area contributed by atoms with E-state index in [1.54, 1.807) is 15.9 Å². The van der Waals surface area contributed by atoms with Crippen LogP contribution >= 0.6 is 22.7 Å². The van der Waals surface area contributed by atoms with Gasteiger partial charge in [0.2, 0.25) is 0 Å². The van der Waals surface area contributed by atoms with Crippen LogP contribution in [0.5, 0.6) is 0 Å². The first-order valence-electron chi connectivity index (χ1n) is 9.14. The van der Waals surface area contributed by atoms with Crippen molar-refractivity contribution < 1.29 is 4.79 Å². The topological polar surface area (TPSA) is 63.4 Å². The number of thiophene rings is 2. The Morgan fingerprint density at radius 2 is 1.93 bits per heavy atom. The van der Waals surface area contributed by atoms with E-state index < -0.39 is 0 Å². The number of carbonyl (C=O) groups is 1. The largest absolute Gasteiger partial charge is 0.328 e. The second kappa shape index (κ2) is 7.38. The Kier molecular flexibility index (Phi) is 4.57. The van der Waals surface area contributed by atoms with Crippen LogP contribution in [0, 0.1) is 6.92 Å². The maximum Gasteiger partial charge on any atom is 0.264 e. The van der Waals surface area contributed by atoms with Gasteiger partial charge in [-0.05, 0) is 58.4 Å². The van der Waals surface area contributed by atoms with Crippen molar-refractivity contribution in [3.63, 3.8) is 0 Å². The molecule has 144 valence electrons. The van der Waals surface area contributed by atoms with Crippen LogP contribution in [0.4, 0.5) is 0 Å². The van der Waals surface area contributed by atoms with Crippen LogP contribution in [-0.4, -0.2) is 30.8 Å². The first-order valence-corrected chi connectivity index (χ1v) is 10.9. The second-order valence-electron chi connectivity index (χ2n) is 6.86. The van der Waals surface area contributed by atoms with E-state index in [1.165, 1.54) is 16.9 Å². The van der Waals surface area contributed by atoms with Crippen LogP contribution in [0.2, 0.25) is 0 Å². The highest BCUT2D eigenvalue weighted by Gasteiger charge is 2.21. The number of fused-ring (bicyclic) bond motifs is 3. The van der Waals surface area contributed by atoms with Gasteiger partial charge in [-0.3, -0.25) is 4.79 Å². The fraction of sp³-hybridized carbons (Fsp3) is 0.143. The number of aromatic nitrogens is 4. The zero-order valence-corrected chi connectivity index (χ0v) is 17.3. The van der Waals surface area contributed by atoms with Crippen molar-refractivity contribution in [1.82, 2.24) is 24.9 Å². The Labute approximate surface area is 175 Å². The van der Waals surface area contributed by atoms with Gasteiger partial charge in [0.15, 0.2) is 5.65 Å². The molecule has 5 aromatic rings. The van der Waals surface area contributed by atoms with Gasteiger partial charge >= 0.3 is 0 Å². The lowest BCUT2D eigenvalue weighted by molar-refractivity contribution is 0.0737. The molecule has 0 spiro atoms. The van der Waals surface area contributed by atoms with E-state index >= 15 is 0 Å². The third kappa shape index (κ3) is 3.41. The van der Waals surface area contributed by atoms with Gasteiger partial charge in [0.25, 0.3) is 5.91 Å². The standard InChI is InChI=1S/C21H17N5OS2/c1-14-6-7-18-15(10-14)11-16(20-22-23-24-26(18)20)12-25(13-17-4-2-8-28-17)21(27)19-5-3-9-29-19/h2-11H,12-13H2,1H3. The number of aryl methyl sites for hydroxylation is 1. The number of pyridine rings is 1. The molecule has 0 N–H and O–H groups in total. The summed E-state index contributed by atoms with van der Waals surface area (Å²) in [4.78, 5) is 16.9. The molecule has 4 heterocycles. The molecule has 0 aliphatic heterocycles. The number of benzene rings is 1. The van der Waals surface area contributed by atoms with Gasteiger partial charge in [-0.25, -0.2) is 0 Å². The van der Waals surface area contributed by atoms with Crippen LogP contribution in [-0.2, 0) is 13.1 Å². The summed E-state index contributed by atoms with van der Waals surface area (Å²) in [6.45, 7) is 3.04. The van der Waals surface area contributed by atoms with Crippen molar-refractivity contribution in [3.05, 3.63) is 80.2 Å². The molecule has 0 saturated carbocycles. The minimum atomic E-state index is 0.0170. The molecule has 0 fully saturated rings. The Hall–Kier alpha value is -3.10. The van der Waals surface area contributed by atoms with E-state index in [1.807, 2.05) is 46.0 Å². The maximum atomic E-state index is 13.2. The molecule has 6 nitrogen and oxygen atoms in total. The van der Waals surface area contributed by atoms with Gasteiger partial charge < -0.3 is 4.90 Å². The van der Waals surface area contributed by atoms with E-state index in [0.29, 0.717) is 18.7 Å². The van der Waals surface area contributed by atoms with Crippen LogP contribution in [0.25, 0.3) is 16.6 Å². The van der Waals surface area contributed by atoms with Crippen LogP contribution < -0.4 is 0 Å². The molecule has 0 aliphatic carbocycles.